The van der Waals surface area contributed by atoms with E-state index in [1.54, 1.807) is 7.11 Å². The summed E-state index contributed by atoms with van der Waals surface area (Å²) >= 11 is 0. The third kappa shape index (κ3) is 3.95. The highest BCUT2D eigenvalue weighted by molar-refractivity contribution is 5.87. The molecule has 0 fully saturated rings. The van der Waals surface area contributed by atoms with Gasteiger partial charge in [-0.2, -0.15) is 0 Å². The molecule has 2 heteroatoms. The minimum atomic E-state index is 0.578. The summed E-state index contributed by atoms with van der Waals surface area (Å²) in [6.45, 7) is 3.25. The molecule has 0 amide bonds. The molecular weight excluding hydrogens is 294 g/mol. The summed E-state index contributed by atoms with van der Waals surface area (Å²) < 4.78 is 5.60. The molecule has 3 aromatic rings. The molecule has 1 atom stereocenters. The Hall–Kier alpha value is -2.32. The van der Waals surface area contributed by atoms with Gasteiger partial charge in [-0.05, 0) is 35.7 Å². The number of quaternary nitrogens is 1. The van der Waals surface area contributed by atoms with Crippen LogP contribution in [-0.4, -0.2) is 13.2 Å². The Morgan fingerprint density at radius 1 is 0.917 bits per heavy atom. The normalized spacial score (nSPS) is 12.2. The summed E-state index contributed by atoms with van der Waals surface area (Å²) in [5.41, 5.74) is 2.71. The SMILES string of the molecule is COc1ccc2ccccc2c1C[NH2+][C@H](C)CCc1ccccc1. The van der Waals surface area contributed by atoms with Gasteiger partial charge in [-0.15, -0.1) is 0 Å². The summed E-state index contributed by atoms with van der Waals surface area (Å²) in [4.78, 5) is 0. The Labute approximate surface area is 144 Å². The number of methoxy groups -OCH3 is 1. The van der Waals surface area contributed by atoms with Crippen molar-refractivity contribution < 1.29 is 10.1 Å². The van der Waals surface area contributed by atoms with Gasteiger partial charge in [-0.25, -0.2) is 0 Å². The molecule has 0 saturated heterocycles. The van der Waals surface area contributed by atoms with Gasteiger partial charge in [0.1, 0.15) is 12.3 Å². The van der Waals surface area contributed by atoms with E-state index in [0.29, 0.717) is 6.04 Å². The lowest BCUT2D eigenvalue weighted by Crippen LogP contribution is -2.87. The molecule has 0 heterocycles. The Morgan fingerprint density at radius 2 is 1.67 bits per heavy atom. The van der Waals surface area contributed by atoms with Gasteiger partial charge in [0.15, 0.2) is 0 Å². The van der Waals surface area contributed by atoms with Crippen molar-refractivity contribution in [1.82, 2.24) is 0 Å². The molecule has 2 nitrogen and oxygen atoms in total. The van der Waals surface area contributed by atoms with E-state index in [9.17, 15) is 0 Å². The van der Waals surface area contributed by atoms with E-state index in [1.807, 2.05) is 0 Å². The maximum atomic E-state index is 5.60. The van der Waals surface area contributed by atoms with Crippen LogP contribution in [0.2, 0.25) is 0 Å². The smallest absolute Gasteiger partial charge is 0.128 e. The van der Waals surface area contributed by atoms with E-state index in [-0.39, 0.29) is 0 Å². The lowest BCUT2D eigenvalue weighted by molar-refractivity contribution is -0.701. The zero-order valence-corrected chi connectivity index (χ0v) is 14.5. The van der Waals surface area contributed by atoms with Gasteiger partial charge >= 0.3 is 0 Å². The molecule has 0 saturated carbocycles. The second-order valence-corrected chi connectivity index (χ2v) is 6.41. The van der Waals surface area contributed by atoms with E-state index < -0.39 is 0 Å². The van der Waals surface area contributed by atoms with Crippen molar-refractivity contribution in [2.45, 2.75) is 32.4 Å². The first-order chi connectivity index (χ1) is 11.8. The van der Waals surface area contributed by atoms with Crippen molar-refractivity contribution in [1.29, 1.82) is 0 Å². The first-order valence-electron chi connectivity index (χ1n) is 8.70. The summed E-state index contributed by atoms with van der Waals surface area (Å²) in [7, 11) is 1.76. The molecule has 0 unspecified atom stereocenters. The number of nitrogens with two attached hydrogens (primary N) is 1. The zero-order chi connectivity index (χ0) is 16.8. The second-order valence-electron chi connectivity index (χ2n) is 6.41. The fraction of sp³-hybridized carbons (Fsp3) is 0.273. The average molecular weight is 320 g/mol. The third-order valence-corrected chi connectivity index (χ3v) is 4.67. The molecule has 0 aliphatic rings. The highest BCUT2D eigenvalue weighted by atomic mass is 16.5. The van der Waals surface area contributed by atoms with Gasteiger partial charge in [0.05, 0.1) is 18.7 Å². The fourth-order valence-electron chi connectivity index (χ4n) is 3.19. The molecule has 0 radical (unpaired) electrons. The first kappa shape index (κ1) is 16.5. The van der Waals surface area contributed by atoms with Crippen molar-refractivity contribution in [2.75, 3.05) is 7.11 Å². The van der Waals surface area contributed by atoms with E-state index in [1.165, 1.54) is 28.3 Å². The molecule has 3 aromatic carbocycles. The predicted molar refractivity (Wildman–Crippen MR) is 100 cm³/mol. The number of benzene rings is 3. The van der Waals surface area contributed by atoms with Gasteiger partial charge in [0.2, 0.25) is 0 Å². The van der Waals surface area contributed by atoms with Gasteiger partial charge in [0.25, 0.3) is 0 Å². The molecule has 0 aliphatic carbocycles. The molecule has 124 valence electrons. The van der Waals surface area contributed by atoms with Crippen molar-refractivity contribution in [2.24, 2.45) is 0 Å². The van der Waals surface area contributed by atoms with Crippen LogP contribution >= 0.6 is 0 Å². The van der Waals surface area contributed by atoms with E-state index in [4.69, 9.17) is 4.74 Å². The highest BCUT2D eigenvalue weighted by Crippen LogP contribution is 2.27. The lowest BCUT2D eigenvalue weighted by Gasteiger charge is -2.15. The van der Waals surface area contributed by atoms with Gasteiger partial charge in [-0.1, -0.05) is 60.7 Å². The Bertz CT molecular complexity index is 782. The average Bonchev–Trinajstić information content (AvgIpc) is 2.65. The fourth-order valence-corrected chi connectivity index (χ4v) is 3.19. The van der Waals surface area contributed by atoms with Crippen LogP contribution in [0.1, 0.15) is 24.5 Å². The van der Waals surface area contributed by atoms with Gasteiger partial charge < -0.3 is 10.1 Å². The largest absolute Gasteiger partial charge is 0.496 e. The minimum Gasteiger partial charge on any atom is -0.496 e. The Morgan fingerprint density at radius 3 is 2.46 bits per heavy atom. The number of aryl methyl sites for hydroxylation is 1. The standard InChI is InChI=1S/C22H25NO/c1-17(12-13-18-8-4-3-5-9-18)23-16-21-20-11-7-6-10-19(20)14-15-22(21)24-2/h3-11,14-15,17,23H,12-13,16H2,1-2H3/p+1/t17-/m1/s1. The molecule has 0 aliphatic heterocycles. The van der Waals surface area contributed by atoms with Crippen LogP contribution in [0, 0.1) is 0 Å². The second kappa shape index (κ2) is 7.98. The van der Waals surface area contributed by atoms with Crippen molar-refractivity contribution >= 4 is 10.8 Å². The summed E-state index contributed by atoms with van der Waals surface area (Å²) in [5.74, 6) is 0.986. The summed E-state index contributed by atoms with van der Waals surface area (Å²) in [5, 5.41) is 5.00. The van der Waals surface area contributed by atoms with Crippen molar-refractivity contribution in [3.8, 4) is 5.75 Å². The Balaban J connectivity index is 1.66. The predicted octanol–water partition coefficient (Wildman–Crippen LogP) is 3.93. The van der Waals surface area contributed by atoms with E-state index in [2.05, 4.69) is 79.0 Å². The maximum absolute atomic E-state index is 5.60. The number of hydrogen-bond donors (Lipinski definition) is 1. The van der Waals surface area contributed by atoms with Crippen LogP contribution in [0.4, 0.5) is 0 Å². The molecule has 2 N–H and O–H groups in total. The van der Waals surface area contributed by atoms with Crippen LogP contribution in [0.5, 0.6) is 5.75 Å². The topological polar surface area (TPSA) is 25.8 Å². The first-order valence-corrected chi connectivity index (χ1v) is 8.70. The molecule has 24 heavy (non-hydrogen) atoms. The van der Waals surface area contributed by atoms with Gasteiger partial charge in [0, 0.05) is 6.42 Å². The summed E-state index contributed by atoms with van der Waals surface area (Å²) in [6.07, 6.45) is 2.31. The quantitative estimate of drug-likeness (QED) is 0.701. The van der Waals surface area contributed by atoms with E-state index >= 15 is 0 Å². The molecule has 0 bridgehead atoms. The zero-order valence-electron chi connectivity index (χ0n) is 14.5. The van der Waals surface area contributed by atoms with Crippen LogP contribution in [0.25, 0.3) is 10.8 Å². The third-order valence-electron chi connectivity index (χ3n) is 4.67. The number of rotatable bonds is 7. The van der Waals surface area contributed by atoms with Crippen LogP contribution in [0.3, 0.4) is 0 Å². The molecule has 3 rings (SSSR count). The van der Waals surface area contributed by atoms with Crippen molar-refractivity contribution in [3.05, 3.63) is 77.9 Å². The number of ether oxygens (including phenoxy) is 1. The van der Waals surface area contributed by atoms with E-state index in [0.717, 1.165) is 18.7 Å². The number of hydrogen-bond acceptors (Lipinski definition) is 1. The Kier molecular flexibility index (Phi) is 5.50. The van der Waals surface area contributed by atoms with Gasteiger partial charge in [-0.3, -0.25) is 0 Å². The lowest BCUT2D eigenvalue weighted by atomic mass is 10.0. The monoisotopic (exact) mass is 320 g/mol. The van der Waals surface area contributed by atoms with Crippen LogP contribution in [-0.2, 0) is 13.0 Å². The molecule has 0 aromatic heterocycles. The number of fused-ring (bicyclic) bond motifs is 1. The molecular formula is C22H26NO+. The molecule has 0 spiro atoms. The minimum absolute atomic E-state index is 0.578. The maximum Gasteiger partial charge on any atom is 0.128 e. The summed E-state index contributed by atoms with van der Waals surface area (Å²) in [6, 6.07) is 24.1. The van der Waals surface area contributed by atoms with Crippen LogP contribution < -0.4 is 10.1 Å². The highest BCUT2D eigenvalue weighted by Gasteiger charge is 2.12. The van der Waals surface area contributed by atoms with Crippen molar-refractivity contribution in [3.63, 3.8) is 0 Å². The van der Waals surface area contributed by atoms with Crippen LogP contribution in [0.15, 0.2) is 66.7 Å².